The van der Waals surface area contributed by atoms with Crippen molar-refractivity contribution in [1.82, 2.24) is 26.2 Å². The number of urea groups is 1. The number of carbonyl (C=O) groups is 6. The zero-order chi connectivity index (χ0) is 29.2. The van der Waals surface area contributed by atoms with Crippen molar-refractivity contribution in [2.75, 3.05) is 13.1 Å². The van der Waals surface area contributed by atoms with E-state index < -0.39 is 59.7 Å². The molecule has 0 spiro atoms. The Morgan fingerprint density at radius 2 is 1.68 bits per heavy atom. The number of amides is 6. The maximum Gasteiger partial charge on any atom is 0.315 e. The molecule has 0 bridgehead atoms. The van der Waals surface area contributed by atoms with Gasteiger partial charge in [-0.2, -0.15) is 0 Å². The van der Waals surface area contributed by atoms with E-state index in [1.54, 1.807) is 0 Å². The molecule has 1 heterocycles. The second-order valence-electron chi connectivity index (χ2n) is 10.7. The molecule has 1 unspecified atom stereocenters. The number of nitrogens with two attached hydrogens (primary N) is 1. The lowest BCUT2D eigenvalue weighted by Crippen LogP contribution is -2.59. The van der Waals surface area contributed by atoms with E-state index in [-0.39, 0.29) is 15.7 Å². The summed E-state index contributed by atoms with van der Waals surface area (Å²) in [6.07, 6.45) is 3.56. The van der Waals surface area contributed by atoms with Crippen molar-refractivity contribution in [3.8, 4) is 0 Å². The molecule has 38 heavy (non-hydrogen) atoms. The maximum atomic E-state index is 13.7. The van der Waals surface area contributed by atoms with Gasteiger partial charge in [0.25, 0.3) is 5.91 Å². The summed E-state index contributed by atoms with van der Waals surface area (Å²) in [6.45, 7) is 10.7. The van der Waals surface area contributed by atoms with E-state index in [9.17, 15) is 28.8 Å². The van der Waals surface area contributed by atoms with Crippen molar-refractivity contribution >= 4 is 58.0 Å². The van der Waals surface area contributed by atoms with Crippen LogP contribution >= 0.6 is 22.6 Å². The van der Waals surface area contributed by atoms with Gasteiger partial charge in [-0.15, -0.1) is 0 Å². The van der Waals surface area contributed by atoms with Gasteiger partial charge in [-0.05, 0) is 40.5 Å². The van der Waals surface area contributed by atoms with Gasteiger partial charge in [0, 0.05) is 21.9 Å². The highest BCUT2D eigenvalue weighted by molar-refractivity contribution is 14.1. The zero-order valence-corrected chi connectivity index (χ0v) is 25.3. The third-order valence-corrected chi connectivity index (χ3v) is 7.10. The molecule has 0 aromatic rings. The van der Waals surface area contributed by atoms with Crippen LogP contribution in [0.5, 0.6) is 0 Å². The molecule has 0 aliphatic carbocycles. The number of carbonyl (C=O) groups excluding carboxylic acids is 6. The molecule has 13 heteroatoms. The van der Waals surface area contributed by atoms with E-state index in [4.69, 9.17) is 5.73 Å². The van der Waals surface area contributed by atoms with Gasteiger partial charge in [-0.1, -0.05) is 55.7 Å². The molecule has 1 saturated heterocycles. The van der Waals surface area contributed by atoms with Crippen molar-refractivity contribution < 1.29 is 28.8 Å². The fourth-order valence-electron chi connectivity index (χ4n) is 4.29. The summed E-state index contributed by atoms with van der Waals surface area (Å²) >= 11 is 2.21. The fourth-order valence-corrected chi connectivity index (χ4v) is 5.04. The number of hydrogen-bond donors (Lipinski definition) is 5. The van der Waals surface area contributed by atoms with Gasteiger partial charge >= 0.3 is 6.03 Å². The summed E-state index contributed by atoms with van der Waals surface area (Å²) in [5.41, 5.74) is 4.49. The summed E-state index contributed by atoms with van der Waals surface area (Å²) in [4.78, 5) is 76.5. The van der Waals surface area contributed by atoms with E-state index in [1.165, 1.54) is 11.8 Å². The topological polar surface area (TPSA) is 180 Å². The Morgan fingerprint density at radius 3 is 2.21 bits per heavy atom. The quantitative estimate of drug-likeness (QED) is 0.0850. The van der Waals surface area contributed by atoms with Crippen molar-refractivity contribution in [1.29, 1.82) is 0 Å². The van der Waals surface area contributed by atoms with Crippen LogP contribution in [-0.4, -0.2) is 81.0 Å². The predicted molar refractivity (Wildman–Crippen MR) is 151 cm³/mol. The van der Waals surface area contributed by atoms with Gasteiger partial charge in [-0.25, -0.2) is 4.79 Å². The number of rotatable bonds is 13. The average molecular weight is 651 g/mol. The first-order valence-corrected chi connectivity index (χ1v) is 14.3. The Kier molecular flexibility index (Phi) is 13.4. The maximum absolute atomic E-state index is 13.7. The first kappa shape index (κ1) is 33.6. The van der Waals surface area contributed by atoms with E-state index in [2.05, 4.69) is 43.9 Å². The molecule has 216 valence electrons. The highest BCUT2D eigenvalue weighted by Crippen LogP contribution is 2.32. The van der Waals surface area contributed by atoms with Crippen LogP contribution in [0.15, 0.2) is 0 Å². The molecule has 6 N–H and O–H groups in total. The minimum absolute atomic E-state index is 0.0294. The first-order valence-electron chi connectivity index (χ1n) is 13.0. The summed E-state index contributed by atoms with van der Waals surface area (Å²) in [5, 5.41) is 10.3. The summed E-state index contributed by atoms with van der Waals surface area (Å²) in [5.74, 6) is -3.89. The van der Waals surface area contributed by atoms with Gasteiger partial charge in [0.1, 0.15) is 12.1 Å². The number of halogens is 1. The molecular weight excluding hydrogens is 607 g/mol. The third-order valence-electron chi connectivity index (χ3n) is 6.17. The molecule has 1 rings (SSSR count). The second kappa shape index (κ2) is 15.2. The minimum atomic E-state index is -1.19. The van der Waals surface area contributed by atoms with Crippen LogP contribution in [0.2, 0.25) is 0 Å². The number of likely N-dealkylation sites (tertiary alicyclic amines) is 1. The van der Waals surface area contributed by atoms with Gasteiger partial charge in [0.15, 0.2) is 0 Å². The number of ketones is 1. The fraction of sp³-hybridized carbons (Fsp3) is 0.760. The Morgan fingerprint density at radius 1 is 1.05 bits per heavy atom. The average Bonchev–Trinajstić information content (AvgIpc) is 3.25. The van der Waals surface area contributed by atoms with Crippen LogP contribution < -0.4 is 27.0 Å². The van der Waals surface area contributed by atoms with Crippen molar-refractivity contribution in [2.45, 2.75) is 101 Å². The van der Waals surface area contributed by atoms with Crippen LogP contribution in [-0.2, 0) is 24.0 Å². The molecule has 0 saturated carbocycles. The first-order chi connectivity index (χ1) is 17.6. The van der Waals surface area contributed by atoms with E-state index in [1.807, 2.05) is 34.6 Å². The third kappa shape index (κ3) is 10.7. The Bertz CT molecular complexity index is 890. The number of nitrogens with one attached hydrogen (secondary N) is 4. The normalized spacial score (nSPS) is 19.6. The number of nitrogens with zero attached hydrogens (tertiary/aromatic N) is 1. The van der Waals surface area contributed by atoms with Crippen LogP contribution in [0.3, 0.4) is 0 Å². The predicted octanol–water partition coefficient (Wildman–Crippen LogP) is 0.749. The van der Waals surface area contributed by atoms with Gasteiger partial charge in [-0.3, -0.25) is 24.0 Å². The van der Waals surface area contributed by atoms with Crippen LogP contribution in [0.1, 0.15) is 73.6 Å². The van der Waals surface area contributed by atoms with Crippen LogP contribution in [0.25, 0.3) is 0 Å². The molecule has 1 fully saturated rings. The highest BCUT2D eigenvalue weighted by atomic mass is 127. The molecule has 1 aliphatic rings. The Labute approximate surface area is 238 Å². The van der Waals surface area contributed by atoms with Gasteiger partial charge < -0.3 is 31.9 Å². The summed E-state index contributed by atoms with van der Waals surface area (Å²) < 4.78 is 0.0294. The van der Waals surface area contributed by atoms with Crippen LogP contribution in [0.4, 0.5) is 4.79 Å². The lowest BCUT2D eigenvalue weighted by Gasteiger charge is -2.32. The van der Waals surface area contributed by atoms with E-state index in [0.717, 1.165) is 19.3 Å². The molecule has 0 aromatic heterocycles. The van der Waals surface area contributed by atoms with Gasteiger partial charge in [0.05, 0.1) is 12.6 Å². The molecule has 0 aromatic carbocycles. The summed E-state index contributed by atoms with van der Waals surface area (Å²) in [6, 6.07) is -3.35. The molecule has 5 atom stereocenters. The molecule has 0 radical (unpaired) electrons. The number of alkyl halides is 1. The van der Waals surface area contributed by atoms with Gasteiger partial charge in [0.2, 0.25) is 23.5 Å². The number of unbranched alkanes of at least 4 members (excludes halogenated alkanes) is 2. The smallest absolute Gasteiger partial charge is 0.315 e. The van der Waals surface area contributed by atoms with E-state index in [0.29, 0.717) is 19.4 Å². The monoisotopic (exact) mass is 650 g/mol. The number of Topliss-reactive ketones (excluding diaryl/α,β-unsaturated/α-hetero) is 1. The standard InChI is InChI=1S/C25H43IN6O6/c1-7-8-9-10-17(30-24(38)31-25(4,5)6)23(37)32-12-11-16(14(2)26)19(32)21(35)29-15(3)20(34)22(36)28-13-18(27)33/h14-17,19H,7-13H2,1-6H3,(H2,27,33)(H,28,36)(H,29,35)(H2,30,31,38)/t14-,15+,16?,17+,19+/m1/s1. The van der Waals surface area contributed by atoms with Crippen molar-refractivity contribution in [3.05, 3.63) is 0 Å². The highest BCUT2D eigenvalue weighted by Gasteiger charge is 2.45. The van der Waals surface area contributed by atoms with Crippen LogP contribution in [0, 0.1) is 5.92 Å². The largest absolute Gasteiger partial charge is 0.368 e. The second-order valence-corrected chi connectivity index (χ2v) is 12.7. The Balaban J connectivity index is 3.10. The van der Waals surface area contributed by atoms with Crippen molar-refractivity contribution in [2.24, 2.45) is 11.7 Å². The SMILES string of the molecule is CCCCC[C@H](NC(=O)NC(C)(C)C)C(=O)N1CCC([C@@H](C)I)[C@H]1C(=O)N[C@@H](C)C(=O)C(=O)NCC(N)=O. The molecule has 6 amide bonds. The number of primary amides is 1. The molecule has 1 aliphatic heterocycles. The Hall–Kier alpha value is -2.45. The number of hydrogen-bond acceptors (Lipinski definition) is 6. The minimum Gasteiger partial charge on any atom is -0.368 e. The van der Waals surface area contributed by atoms with E-state index >= 15 is 0 Å². The lowest BCUT2D eigenvalue weighted by atomic mass is 9.96. The summed E-state index contributed by atoms with van der Waals surface area (Å²) in [7, 11) is 0. The zero-order valence-electron chi connectivity index (χ0n) is 23.2. The van der Waals surface area contributed by atoms with Crippen molar-refractivity contribution in [3.63, 3.8) is 0 Å². The molecular formula is C25H43IN6O6. The lowest BCUT2D eigenvalue weighted by molar-refractivity contribution is -0.143. The molecule has 12 nitrogen and oxygen atoms in total.